The van der Waals surface area contributed by atoms with Gasteiger partial charge in [-0.05, 0) is 61.9 Å². The van der Waals surface area contributed by atoms with Crippen LogP contribution in [0.5, 0.6) is 0 Å². The first-order chi connectivity index (χ1) is 12.4. The number of anilines is 1. The van der Waals surface area contributed by atoms with E-state index in [0.717, 1.165) is 40.8 Å². The number of nitrogens with one attached hydrogen (secondary N) is 2. The van der Waals surface area contributed by atoms with Crippen molar-refractivity contribution in [3.05, 3.63) is 50.9 Å². The molecule has 0 radical (unpaired) electrons. The minimum Gasteiger partial charge on any atom is -0.453 e. The van der Waals surface area contributed by atoms with E-state index in [-0.39, 0.29) is 5.91 Å². The van der Waals surface area contributed by atoms with Crippen molar-refractivity contribution in [2.24, 2.45) is 0 Å². The topological polar surface area (TPSA) is 84.5 Å². The first-order valence-corrected chi connectivity index (χ1v) is 9.14. The van der Waals surface area contributed by atoms with Gasteiger partial charge >= 0.3 is 6.09 Å². The first kappa shape index (κ1) is 18.1. The summed E-state index contributed by atoms with van der Waals surface area (Å²) < 4.78 is 4.50. The number of methoxy groups -OCH3 is 1. The number of hydrogen-bond donors (Lipinski definition) is 2. The Morgan fingerprint density at radius 1 is 1.08 bits per heavy atom. The zero-order valence-corrected chi connectivity index (χ0v) is 15.7. The number of carbonyl (C=O) groups excluding carboxylic acids is 3. The van der Waals surface area contributed by atoms with E-state index >= 15 is 0 Å². The fraction of sp³-hybridized carbons (Fsp3) is 0.316. The van der Waals surface area contributed by atoms with Gasteiger partial charge in [0.1, 0.15) is 5.00 Å². The van der Waals surface area contributed by atoms with Crippen molar-refractivity contribution in [2.45, 2.75) is 33.1 Å². The molecule has 0 spiro atoms. The Balaban J connectivity index is 1.90. The highest BCUT2D eigenvalue weighted by atomic mass is 32.1. The van der Waals surface area contributed by atoms with E-state index in [4.69, 9.17) is 0 Å². The average molecular weight is 372 g/mol. The van der Waals surface area contributed by atoms with Crippen LogP contribution in [0.25, 0.3) is 0 Å². The third-order valence-corrected chi connectivity index (χ3v) is 5.75. The summed E-state index contributed by atoms with van der Waals surface area (Å²) in [7, 11) is 1.20. The van der Waals surface area contributed by atoms with Gasteiger partial charge in [0.25, 0.3) is 11.8 Å². The molecule has 0 saturated carbocycles. The van der Waals surface area contributed by atoms with Gasteiger partial charge in [0.15, 0.2) is 0 Å². The summed E-state index contributed by atoms with van der Waals surface area (Å²) in [6.07, 6.45) is 1.78. The minimum absolute atomic E-state index is 0.278. The zero-order chi connectivity index (χ0) is 18.8. The smallest absolute Gasteiger partial charge is 0.413 e. The molecule has 26 heavy (non-hydrogen) atoms. The fourth-order valence-electron chi connectivity index (χ4n) is 3.00. The second kappa shape index (κ2) is 7.29. The van der Waals surface area contributed by atoms with E-state index < -0.39 is 12.0 Å². The number of benzene rings is 1. The molecule has 136 valence electrons. The van der Waals surface area contributed by atoms with Crippen LogP contribution in [0.4, 0.5) is 9.80 Å². The van der Waals surface area contributed by atoms with Crippen LogP contribution < -0.4 is 10.6 Å². The molecular weight excluding hydrogens is 352 g/mol. The maximum Gasteiger partial charge on any atom is 0.413 e. The maximum absolute atomic E-state index is 12.6. The van der Waals surface area contributed by atoms with Crippen LogP contribution >= 0.6 is 11.3 Å². The summed E-state index contributed by atoms with van der Waals surface area (Å²) in [5.74, 6) is -0.827. The van der Waals surface area contributed by atoms with Crippen LogP contribution in [0, 0.1) is 13.8 Å². The van der Waals surface area contributed by atoms with E-state index in [1.54, 1.807) is 6.07 Å². The van der Waals surface area contributed by atoms with E-state index in [2.05, 4.69) is 15.4 Å². The predicted octanol–water partition coefficient (Wildman–Crippen LogP) is 3.60. The highest BCUT2D eigenvalue weighted by Gasteiger charge is 2.28. The number of ether oxygens (including phenoxy) is 1. The monoisotopic (exact) mass is 372 g/mol. The molecule has 0 saturated heterocycles. The second-order valence-electron chi connectivity index (χ2n) is 6.26. The molecular formula is C19H20N2O4S. The lowest BCUT2D eigenvalue weighted by molar-refractivity contribution is 0.0937. The SMILES string of the molecule is COC(=O)NC(=O)c1c(NC(=O)c2ccc(C)c(C)c2)sc2c1CCC2. The van der Waals surface area contributed by atoms with Crippen LogP contribution in [-0.2, 0) is 17.6 Å². The van der Waals surface area contributed by atoms with Gasteiger partial charge in [-0.3, -0.25) is 14.9 Å². The van der Waals surface area contributed by atoms with Gasteiger partial charge in [-0.15, -0.1) is 11.3 Å². The number of hydrogen-bond acceptors (Lipinski definition) is 5. The molecule has 0 atom stereocenters. The third-order valence-electron chi connectivity index (χ3n) is 4.55. The van der Waals surface area contributed by atoms with Gasteiger partial charge in [0.2, 0.25) is 0 Å². The number of rotatable bonds is 3. The van der Waals surface area contributed by atoms with Gasteiger partial charge in [-0.1, -0.05) is 6.07 Å². The Hall–Kier alpha value is -2.67. The normalized spacial score (nSPS) is 12.4. The number of amides is 3. The summed E-state index contributed by atoms with van der Waals surface area (Å²) in [6, 6.07) is 5.47. The Labute approximate surface area is 155 Å². The van der Waals surface area contributed by atoms with Crippen LogP contribution in [0.15, 0.2) is 18.2 Å². The summed E-state index contributed by atoms with van der Waals surface area (Å²) in [4.78, 5) is 37.6. The van der Waals surface area contributed by atoms with Crippen molar-refractivity contribution in [3.63, 3.8) is 0 Å². The van der Waals surface area contributed by atoms with Crippen molar-refractivity contribution in [1.82, 2.24) is 5.32 Å². The van der Waals surface area contributed by atoms with Crippen LogP contribution in [0.2, 0.25) is 0 Å². The highest BCUT2D eigenvalue weighted by Crippen LogP contribution is 2.39. The van der Waals surface area contributed by atoms with Crippen LogP contribution in [-0.4, -0.2) is 25.0 Å². The number of thiophene rings is 1. The Morgan fingerprint density at radius 2 is 1.85 bits per heavy atom. The molecule has 0 aliphatic heterocycles. The van der Waals surface area contributed by atoms with Crippen molar-refractivity contribution in [3.8, 4) is 0 Å². The molecule has 0 unspecified atom stereocenters. The summed E-state index contributed by atoms with van der Waals surface area (Å²) >= 11 is 1.40. The van der Waals surface area contributed by atoms with Gasteiger partial charge in [0, 0.05) is 10.4 Å². The molecule has 1 aromatic carbocycles. The molecule has 6 nitrogen and oxygen atoms in total. The Morgan fingerprint density at radius 3 is 2.54 bits per heavy atom. The lowest BCUT2D eigenvalue weighted by Crippen LogP contribution is -2.31. The molecule has 2 N–H and O–H groups in total. The molecule has 1 aliphatic carbocycles. The molecule has 3 amide bonds. The van der Waals surface area contributed by atoms with E-state index in [1.807, 2.05) is 26.0 Å². The average Bonchev–Trinajstić information content (AvgIpc) is 3.17. The number of carbonyl (C=O) groups is 3. The summed E-state index contributed by atoms with van der Waals surface area (Å²) in [5.41, 5.74) is 3.93. The van der Waals surface area contributed by atoms with E-state index in [1.165, 1.54) is 18.4 Å². The number of fused-ring (bicyclic) bond motifs is 1. The molecule has 0 bridgehead atoms. The lowest BCUT2D eigenvalue weighted by atomic mass is 10.1. The first-order valence-electron chi connectivity index (χ1n) is 8.33. The fourth-order valence-corrected chi connectivity index (χ4v) is 4.28. The van der Waals surface area contributed by atoms with E-state index in [0.29, 0.717) is 16.1 Å². The van der Waals surface area contributed by atoms with Crippen molar-refractivity contribution in [2.75, 3.05) is 12.4 Å². The van der Waals surface area contributed by atoms with Crippen molar-refractivity contribution in [1.29, 1.82) is 0 Å². The highest BCUT2D eigenvalue weighted by molar-refractivity contribution is 7.17. The Bertz CT molecular complexity index is 901. The number of alkyl carbamates (subject to hydrolysis) is 1. The quantitative estimate of drug-likeness (QED) is 0.862. The Kier molecular flexibility index (Phi) is 5.08. The maximum atomic E-state index is 12.6. The molecule has 0 fully saturated rings. The largest absolute Gasteiger partial charge is 0.453 e. The molecule has 3 rings (SSSR count). The summed E-state index contributed by atoms with van der Waals surface area (Å²) in [5, 5.41) is 5.50. The molecule has 7 heteroatoms. The standard InChI is InChI=1S/C19H20N2O4S/c1-10-7-8-12(9-11(10)2)16(22)20-18-15(17(23)21-19(24)25-3)13-5-4-6-14(13)26-18/h7-9H,4-6H2,1-3H3,(H,20,22)(H,21,23,24). The number of imide groups is 1. The van der Waals surface area contributed by atoms with Crippen molar-refractivity contribution < 1.29 is 19.1 Å². The van der Waals surface area contributed by atoms with E-state index in [9.17, 15) is 14.4 Å². The van der Waals surface area contributed by atoms with Crippen LogP contribution in [0.1, 0.15) is 48.7 Å². The van der Waals surface area contributed by atoms with Gasteiger partial charge < -0.3 is 10.1 Å². The van der Waals surface area contributed by atoms with Crippen molar-refractivity contribution >= 4 is 34.2 Å². The zero-order valence-electron chi connectivity index (χ0n) is 14.9. The number of aryl methyl sites for hydroxylation is 3. The van der Waals surface area contributed by atoms with Gasteiger partial charge in [-0.2, -0.15) is 0 Å². The molecule has 1 heterocycles. The molecule has 2 aromatic rings. The third kappa shape index (κ3) is 3.48. The van der Waals surface area contributed by atoms with Gasteiger partial charge in [-0.25, -0.2) is 4.79 Å². The molecule has 1 aromatic heterocycles. The molecule has 1 aliphatic rings. The van der Waals surface area contributed by atoms with Gasteiger partial charge in [0.05, 0.1) is 12.7 Å². The minimum atomic E-state index is -0.820. The second-order valence-corrected chi connectivity index (χ2v) is 7.37. The summed E-state index contributed by atoms with van der Waals surface area (Å²) in [6.45, 7) is 3.93. The van der Waals surface area contributed by atoms with Crippen LogP contribution in [0.3, 0.4) is 0 Å². The lowest BCUT2D eigenvalue weighted by Gasteiger charge is -2.09. The predicted molar refractivity (Wildman–Crippen MR) is 100 cm³/mol.